The molecule has 0 aromatic carbocycles. The molecule has 0 aliphatic heterocycles. The van der Waals surface area contributed by atoms with E-state index in [0.29, 0.717) is 30.7 Å². The van der Waals surface area contributed by atoms with Gasteiger partial charge in [0.15, 0.2) is 0 Å². The van der Waals surface area contributed by atoms with Crippen LogP contribution in [0.25, 0.3) is 0 Å². The predicted molar refractivity (Wildman–Crippen MR) is 68.0 cm³/mol. The van der Waals surface area contributed by atoms with Gasteiger partial charge in [0, 0.05) is 19.1 Å². The van der Waals surface area contributed by atoms with E-state index in [2.05, 4.69) is 17.1 Å². The van der Waals surface area contributed by atoms with Gasteiger partial charge in [-0.05, 0) is 39.0 Å². The molecule has 5 nitrogen and oxygen atoms in total. The third kappa shape index (κ3) is 2.90. The van der Waals surface area contributed by atoms with E-state index in [1.165, 1.54) is 12.8 Å². The van der Waals surface area contributed by atoms with Gasteiger partial charge >= 0.3 is 0 Å². The van der Waals surface area contributed by atoms with Gasteiger partial charge < -0.3 is 15.0 Å². The highest BCUT2D eigenvalue weighted by atomic mass is 16.5. The summed E-state index contributed by atoms with van der Waals surface area (Å²) in [5.41, 5.74) is 5.60. The van der Waals surface area contributed by atoms with E-state index in [4.69, 9.17) is 15.0 Å². The lowest BCUT2D eigenvalue weighted by molar-refractivity contribution is -0.0403. The van der Waals surface area contributed by atoms with Crippen LogP contribution in [0.15, 0.2) is 4.52 Å². The number of rotatable bonds is 7. The van der Waals surface area contributed by atoms with Crippen LogP contribution < -0.4 is 5.73 Å². The van der Waals surface area contributed by atoms with E-state index in [0.717, 1.165) is 6.42 Å². The number of nitrogens with zero attached hydrogens (tertiary/aromatic N) is 2. The molecule has 18 heavy (non-hydrogen) atoms. The van der Waals surface area contributed by atoms with Gasteiger partial charge in [-0.3, -0.25) is 0 Å². The van der Waals surface area contributed by atoms with Crippen LogP contribution in [0.5, 0.6) is 0 Å². The Morgan fingerprint density at radius 2 is 2.22 bits per heavy atom. The van der Waals surface area contributed by atoms with Gasteiger partial charge in [0.2, 0.25) is 11.7 Å². The molecular weight excluding hydrogens is 230 g/mol. The van der Waals surface area contributed by atoms with Crippen molar-refractivity contribution < 1.29 is 9.26 Å². The quantitative estimate of drug-likeness (QED) is 0.804. The Hall–Kier alpha value is -0.940. The van der Waals surface area contributed by atoms with Crippen molar-refractivity contribution in [2.75, 3.05) is 6.61 Å². The van der Waals surface area contributed by atoms with Crippen molar-refractivity contribution in [1.82, 2.24) is 10.1 Å². The smallest absolute Gasteiger partial charge is 0.228 e. The summed E-state index contributed by atoms with van der Waals surface area (Å²) in [5.74, 6) is 1.90. The minimum absolute atomic E-state index is 0.151. The highest BCUT2D eigenvalue weighted by molar-refractivity contribution is 5.01. The summed E-state index contributed by atoms with van der Waals surface area (Å²) in [7, 11) is 0. The lowest BCUT2D eigenvalue weighted by Gasteiger charge is -2.23. The first-order valence-corrected chi connectivity index (χ1v) is 6.81. The third-order valence-corrected chi connectivity index (χ3v) is 3.72. The normalized spacial score (nSPS) is 20.7. The van der Waals surface area contributed by atoms with Crippen LogP contribution in [0.3, 0.4) is 0 Å². The molecule has 102 valence electrons. The van der Waals surface area contributed by atoms with Crippen molar-refractivity contribution in [3.8, 4) is 0 Å². The van der Waals surface area contributed by atoms with Crippen molar-refractivity contribution in [2.24, 2.45) is 11.7 Å². The predicted octanol–water partition coefficient (Wildman–Crippen LogP) is 2.01. The van der Waals surface area contributed by atoms with Gasteiger partial charge in [0.25, 0.3) is 0 Å². The Morgan fingerprint density at radius 1 is 1.50 bits per heavy atom. The van der Waals surface area contributed by atoms with Crippen molar-refractivity contribution in [3.63, 3.8) is 0 Å². The molecule has 1 fully saturated rings. The summed E-state index contributed by atoms with van der Waals surface area (Å²) >= 11 is 0. The maximum absolute atomic E-state index is 6.06. The molecule has 2 N–H and O–H groups in total. The maximum Gasteiger partial charge on any atom is 0.228 e. The molecule has 2 unspecified atom stereocenters. The lowest BCUT2D eigenvalue weighted by Crippen LogP contribution is -2.27. The van der Waals surface area contributed by atoms with E-state index < -0.39 is 5.60 Å². The minimum atomic E-state index is -0.458. The second-order valence-electron chi connectivity index (χ2n) is 5.23. The van der Waals surface area contributed by atoms with Gasteiger partial charge in [-0.2, -0.15) is 4.98 Å². The number of hydrogen-bond donors (Lipinski definition) is 1. The summed E-state index contributed by atoms with van der Waals surface area (Å²) in [4.78, 5) is 4.44. The molecule has 1 aromatic heterocycles. The average Bonchev–Trinajstić information content (AvgIpc) is 3.10. The molecule has 1 aromatic rings. The van der Waals surface area contributed by atoms with Crippen LogP contribution in [0.4, 0.5) is 0 Å². The Labute approximate surface area is 108 Å². The van der Waals surface area contributed by atoms with Crippen LogP contribution in [-0.2, 0) is 16.8 Å². The molecule has 1 saturated carbocycles. The topological polar surface area (TPSA) is 74.2 Å². The molecule has 0 radical (unpaired) electrons. The number of hydrogen-bond acceptors (Lipinski definition) is 5. The first kappa shape index (κ1) is 13.5. The monoisotopic (exact) mass is 253 g/mol. The van der Waals surface area contributed by atoms with Gasteiger partial charge in [0.05, 0.1) is 0 Å². The van der Waals surface area contributed by atoms with Crippen LogP contribution in [-0.4, -0.2) is 22.8 Å². The Kier molecular flexibility index (Phi) is 4.02. The van der Waals surface area contributed by atoms with Gasteiger partial charge in [-0.25, -0.2) is 0 Å². The van der Waals surface area contributed by atoms with Crippen molar-refractivity contribution >= 4 is 0 Å². The zero-order valence-electron chi connectivity index (χ0n) is 11.5. The standard InChI is InChI=1S/C13H23N3O2/c1-4-13(3,17-5-2)12-15-11(18-16-12)8-10(14)9-6-7-9/h9-10H,4-8,14H2,1-3H3. The molecule has 1 aliphatic rings. The fourth-order valence-corrected chi connectivity index (χ4v) is 2.09. The number of nitrogens with two attached hydrogens (primary N) is 1. The molecule has 2 atom stereocenters. The fraction of sp³-hybridized carbons (Fsp3) is 0.846. The zero-order chi connectivity index (χ0) is 13.2. The van der Waals surface area contributed by atoms with Crippen LogP contribution in [0, 0.1) is 5.92 Å². The summed E-state index contributed by atoms with van der Waals surface area (Å²) in [5, 5.41) is 4.04. The average molecular weight is 253 g/mol. The Bertz CT molecular complexity index is 389. The lowest BCUT2D eigenvalue weighted by atomic mass is 10.0. The van der Waals surface area contributed by atoms with E-state index in [9.17, 15) is 0 Å². The van der Waals surface area contributed by atoms with Crippen molar-refractivity contribution in [2.45, 2.75) is 58.1 Å². The highest BCUT2D eigenvalue weighted by Crippen LogP contribution is 2.33. The van der Waals surface area contributed by atoms with Crippen LogP contribution >= 0.6 is 0 Å². The minimum Gasteiger partial charge on any atom is -0.367 e. The highest BCUT2D eigenvalue weighted by Gasteiger charge is 2.33. The molecule has 1 heterocycles. The van der Waals surface area contributed by atoms with E-state index in [1.807, 2.05) is 13.8 Å². The molecule has 0 amide bonds. The summed E-state index contributed by atoms with van der Waals surface area (Å²) in [6.07, 6.45) is 3.94. The molecular formula is C13H23N3O2. The zero-order valence-corrected chi connectivity index (χ0v) is 11.5. The summed E-state index contributed by atoms with van der Waals surface area (Å²) in [6, 6.07) is 0.151. The second-order valence-corrected chi connectivity index (χ2v) is 5.23. The number of aromatic nitrogens is 2. The molecule has 0 saturated heterocycles. The fourth-order valence-electron chi connectivity index (χ4n) is 2.09. The summed E-state index contributed by atoms with van der Waals surface area (Å²) < 4.78 is 11.0. The second kappa shape index (κ2) is 5.36. The van der Waals surface area contributed by atoms with E-state index in [1.54, 1.807) is 0 Å². The van der Waals surface area contributed by atoms with Gasteiger partial charge in [-0.1, -0.05) is 12.1 Å². The number of ether oxygens (including phenoxy) is 1. The molecule has 0 bridgehead atoms. The first-order valence-electron chi connectivity index (χ1n) is 6.81. The maximum atomic E-state index is 6.06. The largest absolute Gasteiger partial charge is 0.367 e. The summed E-state index contributed by atoms with van der Waals surface area (Å²) in [6.45, 7) is 6.65. The Balaban J connectivity index is 2.03. The van der Waals surface area contributed by atoms with Crippen molar-refractivity contribution in [1.29, 1.82) is 0 Å². The van der Waals surface area contributed by atoms with Gasteiger partial charge in [0.1, 0.15) is 5.60 Å². The van der Waals surface area contributed by atoms with Crippen molar-refractivity contribution in [3.05, 3.63) is 11.7 Å². The molecule has 0 spiro atoms. The molecule has 5 heteroatoms. The van der Waals surface area contributed by atoms with Crippen LogP contribution in [0.2, 0.25) is 0 Å². The van der Waals surface area contributed by atoms with E-state index in [-0.39, 0.29) is 6.04 Å². The molecule has 2 rings (SSSR count). The van der Waals surface area contributed by atoms with E-state index >= 15 is 0 Å². The van der Waals surface area contributed by atoms with Gasteiger partial charge in [-0.15, -0.1) is 0 Å². The van der Waals surface area contributed by atoms with Crippen LogP contribution in [0.1, 0.15) is 51.7 Å². The third-order valence-electron chi connectivity index (χ3n) is 3.72. The SMILES string of the molecule is CCOC(C)(CC)c1noc(CC(N)C2CC2)n1. The Morgan fingerprint density at radius 3 is 2.78 bits per heavy atom. The first-order chi connectivity index (χ1) is 8.59. The molecule has 1 aliphatic carbocycles.